The van der Waals surface area contributed by atoms with Crippen LogP contribution in [0.1, 0.15) is 43.1 Å². The Bertz CT molecular complexity index is 923. The quantitative estimate of drug-likeness (QED) is 0.715. The first-order chi connectivity index (χ1) is 14.5. The molecule has 2 unspecified atom stereocenters. The number of rotatable bonds is 2. The van der Waals surface area contributed by atoms with Crippen molar-refractivity contribution in [2.24, 2.45) is 10.9 Å². The van der Waals surface area contributed by atoms with Crippen LogP contribution in [0.25, 0.3) is 0 Å². The fraction of sp³-hybridized carbons (Fsp3) is 0.391. The summed E-state index contributed by atoms with van der Waals surface area (Å²) in [6.45, 7) is 6.80. The van der Waals surface area contributed by atoms with Crippen LogP contribution in [-0.2, 0) is 10.3 Å². The maximum absolute atomic E-state index is 14.7. The summed E-state index contributed by atoms with van der Waals surface area (Å²) in [6.07, 6.45) is 0.717. The number of carbonyl (C=O) groups is 1. The molecule has 2 aromatic carbocycles. The summed E-state index contributed by atoms with van der Waals surface area (Å²) in [4.78, 5) is 17.3. The van der Waals surface area contributed by atoms with Gasteiger partial charge in [-0.05, 0) is 24.6 Å². The lowest BCUT2D eigenvalue weighted by Gasteiger charge is -2.47. The van der Waals surface area contributed by atoms with Crippen LogP contribution in [0.4, 0.5) is 8.78 Å². The molecular weight excluding hydrogens is 406 g/mol. The number of nitrogens with one attached hydrogen (secondary N) is 1. The monoisotopic (exact) mass is 432 g/mol. The van der Waals surface area contributed by atoms with Gasteiger partial charge in [-0.3, -0.25) is 4.79 Å². The van der Waals surface area contributed by atoms with Crippen molar-refractivity contribution < 1.29 is 18.3 Å². The van der Waals surface area contributed by atoms with Gasteiger partial charge in [0.25, 0.3) is 5.91 Å². The minimum absolute atomic E-state index is 0.0172. The van der Waals surface area contributed by atoms with Gasteiger partial charge in [0, 0.05) is 35.0 Å². The summed E-state index contributed by atoms with van der Waals surface area (Å²) in [7, 11) is 0. The fourth-order valence-electron chi connectivity index (χ4n) is 3.98. The molecule has 4 rings (SSSR count). The molecule has 4 nitrogen and oxygen atoms in total. The first-order valence-corrected chi connectivity index (χ1v) is 11.0. The number of amides is 1. The number of hydrogen-bond acceptors (Lipinski definition) is 4. The van der Waals surface area contributed by atoms with E-state index in [-0.39, 0.29) is 23.7 Å². The van der Waals surface area contributed by atoms with E-state index in [1.165, 1.54) is 23.9 Å². The minimum atomic E-state index is -0.986. The van der Waals surface area contributed by atoms with Crippen molar-refractivity contribution in [3.05, 3.63) is 71.3 Å². The molecule has 0 aliphatic carbocycles. The van der Waals surface area contributed by atoms with Gasteiger partial charge in [-0.1, -0.05) is 56.8 Å². The van der Waals surface area contributed by atoms with Gasteiger partial charge in [0.1, 0.15) is 17.2 Å². The SMILES string of the molecule is CC.C[C@H]1SC(NC(=O)c2ccccc2)=NC2(c3ccc(F)cc3F)COCCC12. The molecular formula is C23H26F2N2O2S. The van der Waals surface area contributed by atoms with Crippen LogP contribution >= 0.6 is 11.8 Å². The third-order valence-corrected chi connectivity index (χ3v) is 6.44. The van der Waals surface area contributed by atoms with Gasteiger partial charge in [0.05, 0.1) is 6.61 Å². The molecule has 7 heteroatoms. The number of ether oxygens (including phenoxy) is 1. The molecule has 2 aliphatic rings. The van der Waals surface area contributed by atoms with Gasteiger partial charge in [-0.25, -0.2) is 13.8 Å². The summed E-state index contributed by atoms with van der Waals surface area (Å²) in [5, 5.41) is 3.35. The Kier molecular flexibility index (Phi) is 7.26. The number of thioether (sulfide) groups is 1. The molecule has 2 aromatic rings. The second-order valence-electron chi connectivity index (χ2n) is 7.06. The summed E-state index contributed by atoms with van der Waals surface area (Å²) >= 11 is 1.46. The van der Waals surface area contributed by atoms with E-state index in [0.29, 0.717) is 29.3 Å². The van der Waals surface area contributed by atoms with E-state index < -0.39 is 17.2 Å². The number of hydrogen-bond donors (Lipinski definition) is 1. The number of nitrogens with zero attached hydrogens (tertiary/aromatic N) is 1. The van der Waals surface area contributed by atoms with Gasteiger partial charge in [0.2, 0.25) is 0 Å². The Morgan fingerprint density at radius 3 is 2.63 bits per heavy atom. The van der Waals surface area contributed by atoms with Gasteiger partial charge in [-0.15, -0.1) is 0 Å². The molecule has 160 valence electrons. The minimum Gasteiger partial charge on any atom is -0.379 e. The molecule has 1 fully saturated rings. The normalized spacial score (nSPS) is 25.3. The van der Waals surface area contributed by atoms with E-state index in [9.17, 15) is 13.6 Å². The van der Waals surface area contributed by atoms with E-state index in [2.05, 4.69) is 5.32 Å². The molecule has 1 saturated heterocycles. The van der Waals surface area contributed by atoms with Crippen molar-refractivity contribution in [1.29, 1.82) is 0 Å². The Hall–Kier alpha value is -2.25. The zero-order valence-electron chi connectivity index (χ0n) is 17.3. The molecule has 0 saturated carbocycles. The molecule has 0 spiro atoms. The van der Waals surface area contributed by atoms with Crippen LogP contribution in [0.2, 0.25) is 0 Å². The highest BCUT2D eigenvalue weighted by molar-refractivity contribution is 8.14. The van der Waals surface area contributed by atoms with E-state index in [1.807, 2.05) is 26.8 Å². The molecule has 1 N–H and O–H groups in total. The Morgan fingerprint density at radius 2 is 1.93 bits per heavy atom. The Balaban J connectivity index is 0.00000124. The molecule has 2 aliphatic heterocycles. The highest BCUT2D eigenvalue weighted by Crippen LogP contribution is 2.48. The van der Waals surface area contributed by atoms with Crippen LogP contribution in [-0.4, -0.2) is 29.5 Å². The Morgan fingerprint density at radius 1 is 1.20 bits per heavy atom. The number of fused-ring (bicyclic) bond motifs is 1. The van der Waals surface area contributed by atoms with Gasteiger partial charge in [-0.2, -0.15) is 0 Å². The van der Waals surface area contributed by atoms with Crippen LogP contribution in [0.3, 0.4) is 0 Å². The zero-order valence-corrected chi connectivity index (χ0v) is 18.1. The second-order valence-corrected chi connectivity index (χ2v) is 8.42. The molecule has 1 amide bonds. The summed E-state index contributed by atoms with van der Waals surface area (Å²) in [6, 6.07) is 12.4. The fourth-order valence-corrected chi connectivity index (χ4v) is 5.23. The summed E-state index contributed by atoms with van der Waals surface area (Å²) < 4.78 is 33.9. The molecule has 2 heterocycles. The highest BCUT2D eigenvalue weighted by Gasteiger charge is 2.50. The van der Waals surface area contributed by atoms with Crippen molar-refractivity contribution in [3.63, 3.8) is 0 Å². The highest BCUT2D eigenvalue weighted by atomic mass is 32.2. The lowest BCUT2D eigenvalue weighted by atomic mass is 9.74. The zero-order chi connectivity index (χ0) is 21.7. The van der Waals surface area contributed by atoms with Crippen molar-refractivity contribution in [1.82, 2.24) is 5.32 Å². The average Bonchev–Trinajstić information content (AvgIpc) is 2.75. The standard InChI is InChI=1S/C21H20F2N2O2S.C2H6/c1-13-16-9-10-27-12-21(16,17-8-7-15(22)11-18(17)23)25-20(28-13)24-19(26)14-5-3-2-4-6-14;1-2/h2-8,11,13,16H,9-10,12H2,1H3,(H,24,25,26);1-2H3/t13-,16?,21?;/m1./s1. The maximum atomic E-state index is 14.7. The molecule has 0 radical (unpaired) electrons. The number of amidine groups is 1. The maximum Gasteiger partial charge on any atom is 0.257 e. The van der Waals surface area contributed by atoms with E-state index >= 15 is 0 Å². The van der Waals surface area contributed by atoms with Gasteiger partial charge >= 0.3 is 0 Å². The lowest BCUT2D eigenvalue weighted by molar-refractivity contribution is -0.00436. The topological polar surface area (TPSA) is 50.7 Å². The van der Waals surface area contributed by atoms with Crippen LogP contribution in [0.5, 0.6) is 0 Å². The van der Waals surface area contributed by atoms with Crippen LogP contribution in [0, 0.1) is 17.6 Å². The number of halogens is 2. The van der Waals surface area contributed by atoms with Crippen molar-refractivity contribution in [2.75, 3.05) is 13.2 Å². The van der Waals surface area contributed by atoms with Crippen molar-refractivity contribution in [3.8, 4) is 0 Å². The van der Waals surface area contributed by atoms with Crippen molar-refractivity contribution >= 4 is 22.8 Å². The molecule has 3 atom stereocenters. The number of benzene rings is 2. The van der Waals surface area contributed by atoms with Gasteiger partial charge < -0.3 is 10.1 Å². The van der Waals surface area contributed by atoms with E-state index in [0.717, 1.165) is 6.07 Å². The number of aliphatic imine (C=N–C) groups is 1. The largest absolute Gasteiger partial charge is 0.379 e. The molecule has 30 heavy (non-hydrogen) atoms. The van der Waals surface area contributed by atoms with Crippen LogP contribution in [0.15, 0.2) is 53.5 Å². The van der Waals surface area contributed by atoms with E-state index in [4.69, 9.17) is 9.73 Å². The summed E-state index contributed by atoms with van der Waals surface area (Å²) in [5.74, 6) is -1.54. The Labute approximate surface area is 180 Å². The smallest absolute Gasteiger partial charge is 0.257 e. The van der Waals surface area contributed by atoms with Crippen molar-refractivity contribution in [2.45, 2.75) is 38.0 Å². The third kappa shape index (κ3) is 4.42. The van der Waals surface area contributed by atoms with E-state index in [1.54, 1.807) is 24.3 Å². The summed E-state index contributed by atoms with van der Waals surface area (Å²) in [5.41, 5.74) is -0.167. The second kappa shape index (κ2) is 9.71. The first kappa shape index (κ1) is 22.4. The van der Waals surface area contributed by atoms with Gasteiger partial charge in [0.15, 0.2) is 5.17 Å². The molecule has 0 bridgehead atoms. The average molecular weight is 433 g/mol. The predicted molar refractivity (Wildman–Crippen MR) is 117 cm³/mol. The lowest BCUT2D eigenvalue weighted by Crippen LogP contribution is -2.51. The molecule has 0 aromatic heterocycles. The first-order valence-electron chi connectivity index (χ1n) is 10.2. The third-order valence-electron chi connectivity index (χ3n) is 5.33. The number of carbonyl (C=O) groups excluding carboxylic acids is 1. The van der Waals surface area contributed by atoms with Crippen LogP contribution < -0.4 is 5.32 Å². The predicted octanol–water partition coefficient (Wildman–Crippen LogP) is 5.14.